The van der Waals surface area contributed by atoms with Crippen LogP contribution in [-0.2, 0) is 20.7 Å². The lowest BCUT2D eigenvalue weighted by Gasteiger charge is -2.29. The van der Waals surface area contributed by atoms with E-state index in [2.05, 4.69) is 11.9 Å². The molecule has 160 valence electrons. The van der Waals surface area contributed by atoms with Crippen molar-refractivity contribution in [2.24, 2.45) is 4.99 Å². The van der Waals surface area contributed by atoms with Crippen LogP contribution in [0, 0.1) is 13.8 Å². The standard InChI is InChI=1S/C24H29ClN2O3/c1-13-14(2)26-22-18(13)12-19(16-8-10-17(25)11-9-16)20(15(3)27-22)21(23(28)29-7)30-24(4,5)6/h8-11,21,26H,12H2,1-7H3/t21-/m0/s1. The van der Waals surface area contributed by atoms with Gasteiger partial charge in [0, 0.05) is 34.0 Å². The molecule has 0 bridgehead atoms. The van der Waals surface area contributed by atoms with Gasteiger partial charge < -0.3 is 14.5 Å². The maximum Gasteiger partial charge on any atom is 0.339 e. The third-order valence-electron chi connectivity index (χ3n) is 5.30. The van der Waals surface area contributed by atoms with Gasteiger partial charge in [0.2, 0.25) is 0 Å². The molecule has 1 atom stereocenters. The topological polar surface area (TPSA) is 63.7 Å². The number of rotatable bonds is 4. The van der Waals surface area contributed by atoms with E-state index >= 15 is 0 Å². The number of benzene rings is 1. The summed E-state index contributed by atoms with van der Waals surface area (Å²) in [6, 6.07) is 7.64. The Bertz CT molecular complexity index is 1020. The van der Waals surface area contributed by atoms with Crippen LogP contribution in [0.1, 0.15) is 50.1 Å². The van der Waals surface area contributed by atoms with Crippen LogP contribution in [0.15, 0.2) is 34.8 Å². The Morgan fingerprint density at radius 2 is 1.80 bits per heavy atom. The minimum absolute atomic E-state index is 0.445. The number of esters is 1. The third-order valence-corrected chi connectivity index (χ3v) is 5.55. The highest BCUT2D eigenvalue weighted by Gasteiger charge is 2.35. The fraction of sp³-hybridized carbons (Fsp3) is 0.417. The number of H-pyrrole nitrogens is 1. The number of methoxy groups -OCH3 is 1. The van der Waals surface area contributed by atoms with Gasteiger partial charge in [0.15, 0.2) is 6.10 Å². The van der Waals surface area contributed by atoms with E-state index < -0.39 is 17.7 Å². The first-order chi connectivity index (χ1) is 14.0. The van der Waals surface area contributed by atoms with Crippen molar-refractivity contribution in [3.8, 4) is 0 Å². The Morgan fingerprint density at radius 3 is 2.37 bits per heavy atom. The van der Waals surface area contributed by atoms with Crippen LogP contribution >= 0.6 is 11.6 Å². The molecule has 3 rings (SSSR count). The summed E-state index contributed by atoms with van der Waals surface area (Å²) in [5, 5.41) is 0.657. The predicted molar refractivity (Wildman–Crippen MR) is 122 cm³/mol. The molecule has 2 aromatic rings. The molecule has 1 aromatic carbocycles. The van der Waals surface area contributed by atoms with Crippen molar-refractivity contribution in [3.05, 3.63) is 57.2 Å². The zero-order valence-electron chi connectivity index (χ0n) is 18.6. The Labute approximate surface area is 183 Å². The molecule has 0 aliphatic carbocycles. The van der Waals surface area contributed by atoms with E-state index in [9.17, 15) is 4.79 Å². The molecule has 0 fully saturated rings. The Balaban J connectivity index is 2.29. The molecule has 0 amide bonds. The van der Waals surface area contributed by atoms with Gasteiger partial charge in [-0.25, -0.2) is 9.79 Å². The van der Waals surface area contributed by atoms with Gasteiger partial charge in [0.05, 0.1) is 12.7 Å². The van der Waals surface area contributed by atoms with Gasteiger partial charge in [0.1, 0.15) is 5.82 Å². The van der Waals surface area contributed by atoms with Crippen molar-refractivity contribution in [1.29, 1.82) is 0 Å². The molecule has 6 heteroatoms. The molecule has 0 saturated heterocycles. The zero-order valence-corrected chi connectivity index (χ0v) is 19.4. The first-order valence-corrected chi connectivity index (χ1v) is 10.4. The molecule has 1 aliphatic rings. The van der Waals surface area contributed by atoms with Gasteiger partial charge in [-0.1, -0.05) is 23.7 Å². The molecule has 1 aliphatic heterocycles. The molecule has 0 spiro atoms. The highest BCUT2D eigenvalue weighted by Crippen LogP contribution is 2.38. The number of carbonyl (C=O) groups is 1. The summed E-state index contributed by atoms with van der Waals surface area (Å²) in [5.41, 5.74) is 6.23. The minimum atomic E-state index is -0.894. The van der Waals surface area contributed by atoms with E-state index in [1.807, 2.05) is 58.9 Å². The van der Waals surface area contributed by atoms with E-state index in [1.165, 1.54) is 12.7 Å². The van der Waals surface area contributed by atoms with Crippen molar-refractivity contribution < 1.29 is 14.3 Å². The smallest absolute Gasteiger partial charge is 0.339 e. The maximum atomic E-state index is 12.8. The number of aryl methyl sites for hydroxylation is 1. The lowest BCUT2D eigenvalue weighted by molar-refractivity contribution is -0.158. The van der Waals surface area contributed by atoms with E-state index in [4.69, 9.17) is 26.1 Å². The monoisotopic (exact) mass is 428 g/mol. The van der Waals surface area contributed by atoms with E-state index in [0.29, 0.717) is 11.4 Å². The number of ether oxygens (including phenoxy) is 2. The molecule has 0 unspecified atom stereocenters. The van der Waals surface area contributed by atoms with Crippen molar-refractivity contribution >= 4 is 34.7 Å². The molecule has 0 radical (unpaired) electrons. The van der Waals surface area contributed by atoms with Crippen LogP contribution < -0.4 is 0 Å². The number of halogens is 1. The van der Waals surface area contributed by atoms with Crippen LogP contribution in [0.3, 0.4) is 0 Å². The van der Waals surface area contributed by atoms with Gasteiger partial charge in [-0.3, -0.25) is 0 Å². The molecule has 2 heterocycles. The Morgan fingerprint density at radius 1 is 1.17 bits per heavy atom. The van der Waals surface area contributed by atoms with Gasteiger partial charge in [0.25, 0.3) is 0 Å². The normalized spacial score (nSPS) is 15.4. The molecular weight excluding hydrogens is 400 g/mol. The first-order valence-electron chi connectivity index (χ1n) is 10.00. The average Bonchev–Trinajstić information content (AvgIpc) is 2.84. The summed E-state index contributed by atoms with van der Waals surface area (Å²) >= 11 is 6.14. The van der Waals surface area contributed by atoms with Crippen LogP contribution in [-0.4, -0.2) is 35.5 Å². The number of hydrogen-bond acceptors (Lipinski definition) is 4. The molecule has 1 N–H and O–H groups in total. The van der Waals surface area contributed by atoms with Gasteiger partial charge in [-0.15, -0.1) is 0 Å². The molecule has 1 aromatic heterocycles. The quantitative estimate of drug-likeness (QED) is 0.631. The minimum Gasteiger partial charge on any atom is -0.467 e. The largest absolute Gasteiger partial charge is 0.467 e. The summed E-state index contributed by atoms with van der Waals surface area (Å²) in [6.45, 7) is 11.8. The first kappa shape index (κ1) is 22.3. The number of fused-ring (bicyclic) bond motifs is 1. The van der Waals surface area contributed by atoms with Crippen LogP contribution in [0.25, 0.3) is 5.57 Å². The summed E-state index contributed by atoms with van der Waals surface area (Å²) in [7, 11) is 1.38. The van der Waals surface area contributed by atoms with Crippen molar-refractivity contribution in [3.63, 3.8) is 0 Å². The second-order valence-corrected chi connectivity index (χ2v) is 9.05. The van der Waals surface area contributed by atoms with E-state index in [-0.39, 0.29) is 0 Å². The van der Waals surface area contributed by atoms with Crippen molar-refractivity contribution in [1.82, 2.24) is 4.98 Å². The number of aromatic nitrogens is 1. The van der Waals surface area contributed by atoms with Crippen LogP contribution in [0.4, 0.5) is 5.82 Å². The Hall–Kier alpha value is -2.37. The van der Waals surface area contributed by atoms with Gasteiger partial charge >= 0.3 is 5.97 Å². The van der Waals surface area contributed by atoms with Crippen LogP contribution in [0.5, 0.6) is 0 Å². The summed E-state index contributed by atoms with van der Waals surface area (Å²) in [5.74, 6) is 0.378. The number of aliphatic imine (C=N–C) groups is 1. The number of aromatic amines is 1. The summed E-state index contributed by atoms with van der Waals surface area (Å²) in [6.07, 6.45) is -0.278. The number of nitrogens with zero attached hydrogens (tertiary/aromatic N) is 1. The second kappa shape index (κ2) is 8.40. The zero-order chi connectivity index (χ0) is 22.2. The molecule has 5 nitrogen and oxygen atoms in total. The highest BCUT2D eigenvalue weighted by molar-refractivity contribution is 6.30. The highest BCUT2D eigenvalue weighted by atomic mass is 35.5. The van der Waals surface area contributed by atoms with Crippen LogP contribution in [0.2, 0.25) is 5.02 Å². The second-order valence-electron chi connectivity index (χ2n) is 8.61. The van der Waals surface area contributed by atoms with E-state index in [0.717, 1.165) is 39.5 Å². The third kappa shape index (κ3) is 4.52. The average molecular weight is 429 g/mol. The number of hydrogen-bond donors (Lipinski definition) is 1. The van der Waals surface area contributed by atoms with Crippen molar-refractivity contribution in [2.75, 3.05) is 7.11 Å². The lowest BCUT2D eigenvalue weighted by atomic mass is 9.89. The number of carbonyl (C=O) groups excluding carboxylic acids is 1. The summed E-state index contributed by atoms with van der Waals surface area (Å²) < 4.78 is 11.3. The molecular formula is C24H29ClN2O3. The van der Waals surface area contributed by atoms with Gasteiger partial charge in [-0.2, -0.15) is 0 Å². The summed E-state index contributed by atoms with van der Waals surface area (Å²) in [4.78, 5) is 21.1. The number of nitrogens with one attached hydrogen (secondary N) is 1. The van der Waals surface area contributed by atoms with Gasteiger partial charge in [-0.05, 0) is 70.4 Å². The lowest BCUT2D eigenvalue weighted by Crippen LogP contribution is -2.38. The SMILES string of the molecule is COC(=O)[C@@H](OC(C)(C)C)C1=C(c2ccc(Cl)cc2)Cc2c([nH]c(C)c2C)N=C1C. The maximum absolute atomic E-state index is 12.8. The van der Waals surface area contributed by atoms with E-state index in [1.54, 1.807) is 0 Å². The predicted octanol–water partition coefficient (Wildman–Crippen LogP) is 5.74. The number of allylic oxidation sites excluding steroid dienone is 1. The molecule has 30 heavy (non-hydrogen) atoms. The fourth-order valence-corrected chi connectivity index (χ4v) is 3.85. The fourth-order valence-electron chi connectivity index (χ4n) is 3.72. The Kier molecular flexibility index (Phi) is 6.25. The molecule has 0 saturated carbocycles. The van der Waals surface area contributed by atoms with Crippen molar-refractivity contribution in [2.45, 2.75) is 59.7 Å².